The van der Waals surface area contributed by atoms with Crippen molar-refractivity contribution < 1.29 is 24.1 Å². The second-order valence-corrected chi connectivity index (χ2v) is 2.38. The van der Waals surface area contributed by atoms with Crippen LogP contribution in [0.5, 0.6) is 0 Å². The van der Waals surface area contributed by atoms with Gasteiger partial charge in [-0.1, -0.05) is 0 Å². The number of carbonyl (C=O) groups is 1. The molecular weight excluding hydrogens is 284 g/mol. The van der Waals surface area contributed by atoms with Gasteiger partial charge in [0.1, 0.15) is 0 Å². The first-order valence-corrected chi connectivity index (χ1v) is 4.20. The predicted molar refractivity (Wildman–Crippen MR) is 35.0 cm³/mol. The zero-order valence-electron chi connectivity index (χ0n) is 5.26. The molecule has 0 atom stereocenters. The average molecular weight is 292 g/mol. The van der Waals surface area contributed by atoms with Crippen LogP contribution in [0.15, 0.2) is 24.3 Å². The number of carbonyl (C=O) groups excluding carboxylic acids is 1. The summed E-state index contributed by atoms with van der Waals surface area (Å²) in [6.45, 7) is 5.04. The maximum atomic E-state index is 10.6. The Morgan fingerprint density at radius 3 is 2.33 bits per heavy atom. The first-order chi connectivity index (χ1) is 4.22. The summed E-state index contributed by atoms with van der Waals surface area (Å²) in [5.41, 5.74) is 0.750. The van der Waals surface area contributed by atoms with Crippen LogP contribution in [0.4, 0.5) is 0 Å². The monoisotopic (exact) mass is 292 g/mol. The van der Waals surface area contributed by atoms with Crippen molar-refractivity contribution in [1.29, 1.82) is 0 Å². The van der Waals surface area contributed by atoms with Gasteiger partial charge in [-0.2, -0.15) is 0 Å². The van der Waals surface area contributed by atoms with Gasteiger partial charge in [-0.3, -0.25) is 0 Å². The summed E-state index contributed by atoms with van der Waals surface area (Å²) in [6, 6.07) is 0. The number of Topliss-reactive ketones (excluding diaryl/α,β-unsaturated/α-hetero) is 1. The molecule has 0 aliphatic carbocycles. The third-order valence-corrected chi connectivity index (χ3v) is 1.74. The van der Waals surface area contributed by atoms with E-state index in [2.05, 4.69) is 6.58 Å². The standard InChI is InChI=1S/C7H8O.W/c1-4-5-6(2)7(3)8;/h2,4-5H,1H2,3H3;/b6-5+;. The molecule has 0 unspecified atom stereocenters. The van der Waals surface area contributed by atoms with E-state index in [1.54, 1.807) is 19.1 Å². The summed E-state index contributed by atoms with van der Waals surface area (Å²) in [5.74, 6) is 0.102. The molecule has 0 fully saturated rings. The van der Waals surface area contributed by atoms with Crippen molar-refractivity contribution in [3.8, 4) is 0 Å². The van der Waals surface area contributed by atoms with Gasteiger partial charge in [-0.05, 0) is 0 Å². The molecule has 2 heteroatoms. The van der Waals surface area contributed by atoms with E-state index in [-0.39, 0.29) is 5.78 Å². The van der Waals surface area contributed by atoms with Gasteiger partial charge in [-0.25, -0.2) is 0 Å². The van der Waals surface area contributed by atoms with Gasteiger partial charge in [0.05, 0.1) is 0 Å². The van der Waals surface area contributed by atoms with Crippen molar-refractivity contribution in [1.82, 2.24) is 0 Å². The molecule has 0 aromatic heterocycles. The summed E-state index contributed by atoms with van der Waals surface area (Å²) in [7, 11) is 0. The van der Waals surface area contributed by atoms with Gasteiger partial charge in [0.15, 0.2) is 0 Å². The maximum absolute atomic E-state index is 10.6. The van der Waals surface area contributed by atoms with E-state index in [0.29, 0.717) is 0 Å². The van der Waals surface area contributed by atoms with E-state index in [1.807, 2.05) is 4.40 Å². The van der Waals surface area contributed by atoms with Crippen molar-refractivity contribution in [2.75, 3.05) is 0 Å². The SMILES string of the molecule is C=C/C=C(\[CH]=[W])C(C)=O. The van der Waals surface area contributed by atoms with Crippen molar-refractivity contribution in [3.05, 3.63) is 24.3 Å². The van der Waals surface area contributed by atoms with Crippen molar-refractivity contribution in [3.63, 3.8) is 0 Å². The van der Waals surface area contributed by atoms with Crippen molar-refractivity contribution >= 4 is 10.2 Å². The first-order valence-electron chi connectivity index (χ1n) is 2.51. The van der Waals surface area contributed by atoms with Gasteiger partial charge in [0, 0.05) is 0 Å². The van der Waals surface area contributed by atoms with E-state index in [4.69, 9.17) is 0 Å². The zero-order chi connectivity index (χ0) is 7.28. The van der Waals surface area contributed by atoms with Crippen LogP contribution in [-0.2, 0) is 24.1 Å². The minimum absolute atomic E-state index is 0.102. The Labute approximate surface area is 65.9 Å². The Morgan fingerprint density at radius 1 is 1.67 bits per heavy atom. The normalized spacial score (nSPS) is 10.6. The molecule has 0 radical (unpaired) electrons. The molecule has 0 aromatic rings. The Balaban J connectivity index is 4.32. The molecule has 1 nitrogen and oxygen atoms in total. The van der Waals surface area contributed by atoms with Crippen LogP contribution < -0.4 is 0 Å². The Morgan fingerprint density at radius 2 is 2.22 bits per heavy atom. The van der Waals surface area contributed by atoms with Crippen LogP contribution >= 0.6 is 0 Å². The zero-order valence-corrected chi connectivity index (χ0v) is 8.19. The summed E-state index contributed by atoms with van der Waals surface area (Å²) in [4.78, 5) is 10.6. The molecule has 0 N–H and O–H groups in total. The second kappa shape index (κ2) is 4.57. The van der Waals surface area contributed by atoms with Crippen LogP contribution in [0.2, 0.25) is 0 Å². The van der Waals surface area contributed by atoms with Crippen LogP contribution in [0.1, 0.15) is 6.92 Å². The molecule has 0 amide bonds. The fourth-order valence-electron chi connectivity index (χ4n) is 0.367. The second-order valence-electron chi connectivity index (χ2n) is 1.53. The van der Waals surface area contributed by atoms with Crippen molar-refractivity contribution in [2.24, 2.45) is 0 Å². The Hall–Kier alpha value is -0.292. The topological polar surface area (TPSA) is 17.1 Å². The van der Waals surface area contributed by atoms with E-state index < -0.39 is 0 Å². The number of ketones is 1. The van der Waals surface area contributed by atoms with E-state index >= 15 is 0 Å². The van der Waals surface area contributed by atoms with Crippen LogP contribution in [0, 0.1) is 0 Å². The molecule has 48 valence electrons. The van der Waals surface area contributed by atoms with Gasteiger partial charge in [-0.15, -0.1) is 0 Å². The molecular formula is C7H8OW. The minimum atomic E-state index is 0.102. The Bertz CT molecular complexity index is 168. The number of hydrogen-bond acceptors (Lipinski definition) is 1. The van der Waals surface area contributed by atoms with Crippen LogP contribution in [0.25, 0.3) is 0 Å². The summed E-state index contributed by atoms with van der Waals surface area (Å²) < 4.78 is 1.85. The van der Waals surface area contributed by atoms with Crippen LogP contribution in [0.3, 0.4) is 0 Å². The quantitative estimate of drug-likeness (QED) is 0.561. The third-order valence-electron chi connectivity index (χ3n) is 0.831. The molecule has 9 heavy (non-hydrogen) atoms. The van der Waals surface area contributed by atoms with Crippen molar-refractivity contribution in [2.45, 2.75) is 6.92 Å². The van der Waals surface area contributed by atoms with Gasteiger partial charge < -0.3 is 0 Å². The predicted octanol–water partition coefficient (Wildman–Crippen LogP) is 1.04. The van der Waals surface area contributed by atoms with E-state index in [0.717, 1.165) is 5.57 Å². The summed E-state index contributed by atoms with van der Waals surface area (Å²) in [6.07, 6.45) is 3.34. The van der Waals surface area contributed by atoms with Gasteiger partial charge >= 0.3 is 65.6 Å². The first kappa shape index (κ1) is 8.71. The van der Waals surface area contributed by atoms with Crippen LogP contribution in [-0.4, -0.2) is 10.2 Å². The van der Waals surface area contributed by atoms with E-state index in [1.165, 1.54) is 19.4 Å². The molecule has 0 saturated heterocycles. The van der Waals surface area contributed by atoms with Gasteiger partial charge in [0.2, 0.25) is 0 Å². The number of hydrogen-bond donors (Lipinski definition) is 0. The third kappa shape index (κ3) is 3.31. The fraction of sp³-hybridized carbons (Fsp3) is 0.143. The molecule has 0 saturated carbocycles. The van der Waals surface area contributed by atoms with E-state index in [9.17, 15) is 4.79 Å². The molecule has 0 rings (SSSR count). The molecule has 0 aliphatic heterocycles. The molecule has 0 aliphatic rings. The summed E-state index contributed by atoms with van der Waals surface area (Å²) in [5, 5.41) is 0. The molecule has 0 heterocycles. The average Bonchev–Trinajstić information content (AvgIpc) is 1.82. The molecule has 0 aromatic carbocycles. The summed E-state index contributed by atoms with van der Waals surface area (Å²) >= 11 is 1.29. The Kier molecular flexibility index (Phi) is 4.43. The molecule has 0 bridgehead atoms. The fourth-order valence-corrected chi connectivity index (χ4v) is 1.25. The van der Waals surface area contributed by atoms with Gasteiger partial charge in [0.25, 0.3) is 0 Å². The molecule has 0 spiro atoms. The number of rotatable bonds is 3. The number of allylic oxidation sites excluding steroid dienone is 3.